The van der Waals surface area contributed by atoms with E-state index in [2.05, 4.69) is 6.92 Å². The van der Waals surface area contributed by atoms with E-state index in [0.717, 1.165) is 12.8 Å². The van der Waals surface area contributed by atoms with Gasteiger partial charge in [-0.25, -0.2) is 0 Å². The van der Waals surface area contributed by atoms with Crippen molar-refractivity contribution in [1.29, 1.82) is 0 Å². The van der Waals surface area contributed by atoms with E-state index in [1.807, 2.05) is 18.2 Å². The number of aliphatic hydroxyl groups excluding tert-OH is 3. The Kier molecular flexibility index (Phi) is 15.1. The van der Waals surface area contributed by atoms with Crippen LogP contribution in [-0.2, 0) is 4.79 Å². The molecule has 0 aromatic rings. The van der Waals surface area contributed by atoms with Gasteiger partial charge < -0.3 is 20.4 Å². The van der Waals surface area contributed by atoms with E-state index in [0.29, 0.717) is 25.7 Å². The Hall–Kier alpha value is -1.43. The first-order chi connectivity index (χ1) is 12.0. The van der Waals surface area contributed by atoms with Gasteiger partial charge in [0.1, 0.15) is 0 Å². The summed E-state index contributed by atoms with van der Waals surface area (Å²) in [5, 5.41) is 38.0. The highest BCUT2D eigenvalue weighted by Crippen LogP contribution is 2.06. The molecule has 0 aliphatic carbocycles. The fraction of sp³-hybridized carbons (Fsp3) is 0.650. The standard InChI is InChI=1S/C20H34O5/c1-2-3-4-5-6-10-13-18(22)19(23)16-15-17(21)12-9-7-8-11-14-20(24)25/h6-7,9-10,15-19,21-23H,2-5,8,11-14H2,1H3,(H,24,25). The molecule has 0 aromatic carbocycles. The summed E-state index contributed by atoms with van der Waals surface area (Å²) in [5.41, 5.74) is 0. The second-order valence-electron chi connectivity index (χ2n) is 6.21. The molecular formula is C20H34O5. The van der Waals surface area contributed by atoms with Gasteiger partial charge in [0.05, 0.1) is 18.3 Å². The lowest BCUT2D eigenvalue weighted by molar-refractivity contribution is -0.137. The Morgan fingerprint density at radius 3 is 2.16 bits per heavy atom. The minimum Gasteiger partial charge on any atom is -0.481 e. The van der Waals surface area contributed by atoms with Gasteiger partial charge in [-0.05, 0) is 38.5 Å². The predicted molar refractivity (Wildman–Crippen MR) is 100 cm³/mol. The average molecular weight is 354 g/mol. The second-order valence-corrected chi connectivity index (χ2v) is 6.21. The van der Waals surface area contributed by atoms with Crippen molar-refractivity contribution in [3.05, 3.63) is 36.5 Å². The molecule has 5 heteroatoms. The third-order valence-electron chi connectivity index (χ3n) is 3.75. The molecule has 0 heterocycles. The minimum absolute atomic E-state index is 0.143. The van der Waals surface area contributed by atoms with Gasteiger partial charge >= 0.3 is 5.97 Å². The summed E-state index contributed by atoms with van der Waals surface area (Å²) in [6, 6.07) is 0. The highest BCUT2D eigenvalue weighted by atomic mass is 16.4. The zero-order chi connectivity index (χ0) is 18.9. The zero-order valence-electron chi connectivity index (χ0n) is 15.3. The van der Waals surface area contributed by atoms with Crippen molar-refractivity contribution in [1.82, 2.24) is 0 Å². The third-order valence-corrected chi connectivity index (χ3v) is 3.75. The van der Waals surface area contributed by atoms with E-state index in [9.17, 15) is 20.1 Å². The van der Waals surface area contributed by atoms with Gasteiger partial charge in [-0.3, -0.25) is 4.79 Å². The van der Waals surface area contributed by atoms with Crippen LogP contribution < -0.4 is 0 Å². The number of unbranched alkanes of at least 4 members (excludes halogenated alkanes) is 4. The Morgan fingerprint density at radius 1 is 0.880 bits per heavy atom. The lowest BCUT2D eigenvalue weighted by atomic mass is 10.1. The molecule has 0 aliphatic heterocycles. The van der Waals surface area contributed by atoms with Crippen LogP contribution in [0, 0.1) is 0 Å². The molecule has 25 heavy (non-hydrogen) atoms. The van der Waals surface area contributed by atoms with E-state index < -0.39 is 24.3 Å². The maximum Gasteiger partial charge on any atom is 0.303 e. The molecule has 0 saturated carbocycles. The normalized spacial score (nSPS) is 16.0. The minimum atomic E-state index is -1.01. The summed E-state index contributed by atoms with van der Waals surface area (Å²) in [6.07, 6.45) is 14.5. The van der Waals surface area contributed by atoms with Crippen molar-refractivity contribution in [2.45, 2.75) is 83.0 Å². The summed E-state index contributed by atoms with van der Waals surface area (Å²) in [7, 11) is 0. The molecule has 0 amide bonds. The Labute approximate surface area is 151 Å². The number of hydrogen-bond donors (Lipinski definition) is 4. The predicted octanol–water partition coefficient (Wildman–Crippen LogP) is 3.35. The summed E-state index contributed by atoms with van der Waals surface area (Å²) in [6.45, 7) is 2.15. The van der Waals surface area contributed by atoms with Gasteiger partial charge in [-0.15, -0.1) is 0 Å². The molecule has 0 saturated heterocycles. The van der Waals surface area contributed by atoms with Gasteiger partial charge in [0.2, 0.25) is 0 Å². The summed E-state index contributed by atoms with van der Waals surface area (Å²) >= 11 is 0. The quantitative estimate of drug-likeness (QED) is 0.267. The van der Waals surface area contributed by atoms with Crippen molar-refractivity contribution in [3.8, 4) is 0 Å². The van der Waals surface area contributed by atoms with E-state index >= 15 is 0 Å². The highest BCUT2D eigenvalue weighted by molar-refractivity contribution is 5.66. The molecule has 0 spiro atoms. The lowest BCUT2D eigenvalue weighted by Crippen LogP contribution is -2.23. The van der Waals surface area contributed by atoms with Crippen molar-refractivity contribution < 1.29 is 25.2 Å². The van der Waals surface area contributed by atoms with Gasteiger partial charge in [-0.2, -0.15) is 0 Å². The second kappa shape index (κ2) is 16.1. The highest BCUT2D eigenvalue weighted by Gasteiger charge is 2.11. The SMILES string of the molecule is CCCCCC=CCC(O)C(O)C=CC(O)CC=CCCCC(=O)O. The largest absolute Gasteiger partial charge is 0.481 e. The molecule has 0 radical (unpaired) electrons. The van der Waals surface area contributed by atoms with Crippen LogP contribution in [-0.4, -0.2) is 44.7 Å². The van der Waals surface area contributed by atoms with Crippen molar-refractivity contribution in [2.75, 3.05) is 0 Å². The fourth-order valence-corrected chi connectivity index (χ4v) is 2.18. The van der Waals surface area contributed by atoms with Crippen molar-refractivity contribution in [3.63, 3.8) is 0 Å². The molecule has 4 N–H and O–H groups in total. The number of aliphatic carboxylic acids is 1. The number of allylic oxidation sites excluding steroid dienone is 2. The summed E-state index contributed by atoms with van der Waals surface area (Å²) in [5.74, 6) is -0.806. The molecular weight excluding hydrogens is 320 g/mol. The van der Waals surface area contributed by atoms with E-state index in [1.54, 1.807) is 6.08 Å². The Balaban J connectivity index is 3.91. The summed E-state index contributed by atoms with van der Waals surface area (Å²) < 4.78 is 0. The van der Waals surface area contributed by atoms with Crippen LogP contribution in [0.5, 0.6) is 0 Å². The van der Waals surface area contributed by atoms with Gasteiger partial charge in [-0.1, -0.05) is 56.2 Å². The molecule has 0 aliphatic rings. The van der Waals surface area contributed by atoms with Crippen LogP contribution in [0.15, 0.2) is 36.5 Å². The first kappa shape index (κ1) is 23.6. The first-order valence-corrected chi connectivity index (χ1v) is 9.21. The number of aliphatic hydroxyl groups is 3. The molecule has 5 nitrogen and oxygen atoms in total. The molecule has 0 rings (SSSR count). The molecule has 3 unspecified atom stereocenters. The number of carboxylic acids is 1. The Bertz CT molecular complexity index is 414. The van der Waals surface area contributed by atoms with Crippen LogP contribution in [0.4, 0.5) is 0 Å². The zero-order valence-corrected chi connectivity index (χ0v) is 15.3. The lowest BCUT2D eigenvalue weighted by Gasteiger charge is -2.13. The topological polar surface area (TPSA) is 98.0 Å². The monoisotopic (exact) mass is 354 g/mol. The van der Waals surface area contributed by atoms with Crippen LogP contribution in [0.1, 0.15) is 64.7 Å². The van der Waals surface area contributed by atoms with Crippen LogP contribution >= 0.6 is 0 Å². The maximum absolute atomic E-state index is 10.3. The van der Waals surface area contributed by atoms with Crippen LogP contribution in [0.25, 0.3) is 0 Å². The van der Waals surface area contributed by atoms with Gasteiger partial charge in [0, 0.05) is 6.42 Å². The van der Waals surface area contributed by atoms with E-state index in [1.165, 1.54) is 25.0 Å². The fourth-order valence-electron chi connectivity index (χ4n) is 2.18. The van der Waals surface area contributed by atoms with Crippen molar-refractivity contribution in [2.24, 2.45) is 0 Å². The van der Waals surface area contributed by atoms with Gasteiger partial charge in [0.15, 0.2) is 0 Å². The third kappa shape index (κ3) is 15.8. The van der Waals surface area contributed by atoms with Crippen LogP contribution in [0.2, 0.25) is 0 Å². The maximum atomic E-state index is 10.3. The average Bonchev–Trinajstić information content (AvgIpc) is 2.58. The Morgan fingerprint density at radius 2 is 1.52 bits per heavy atom. The van der Waals surface area contributed by atoms with Crippen LogP contribution in [0.3, 0.4) is 0 Å². The molecule has 144 valence electrons. The smallest absolute Gasteiger partial charge is 0.303 e. The number of rotatable bonds is 15. The van der Waals surface area contributed by atoms with Crippen molar-refractivity contribution >= 4 is 5.97 Å². The van der Waals surface area contributed by atoms with E-state index in [4.69, 9.17) is 5.11 Å². The number of carbonyl (C=O) groups is 1. The first-order valence-electron chi connectivity index (χ1n) is 9.21. The molecule has 3 atom stereocenters. The molecule has 0 aromatic heterocycles. The number of hydrogen-bond acceptors (Lipinski definition) is 4. The van der Waals surface area contributed by atoms with E-state index in [-0.39, 0.29) is 6.42 Å². The summed E-state index contributed by atoms with van der Waals surface area (Å²) in [4.78, 5) is 10.3. The number of carboxylic acid groups (broad SMARTS) is 1. The van der Waals surface area contributed by atoms with Gasteiger partial charge in [0.25, 0.3) is 0 Å². The molecule has 0 bridgehead atoms. The molecule has 0 fully saturated rings.